The molecule has 1 unspecified atom stereocenters. The highest BCUT2D eigenvalue weighted by Crippen LogP contribution is 2.21. The van der Waals surface area contributed by atoms with Crippen molar-refractivity contribution in [3.8, 4) is 5.75 Å². The molecule has 0 aromatic heterocycles. The van der Waals surface area contributed by atoms with Gasteiger partial charge in [-0.15, -0.1) is 0 Å². The molecule has 0 radical (unpaired) electrons. The van der Waals surface area contributed by atoms with E-state index in [1.54, 1.807) is 12.1 Å². The van der Waals surface area contributed by atoms with Crippen molar-refractivity contribution in [2.24, 2.45) is 0 Å². The fraction of sp³-hybridized carbons (Fsp3) is 0.417. The van der Waals surface area contributed by atoms with Gasteiger partial charge in [0.05, 0.1) is 19.4 Å². The van der Waals surface area contributed by atoms with Crippen LogP contribution in [0.2, 0.25) is 0 Å². The highest BCUT2D eigenvalue weighted by atomic mass is 16.5. The average Bonchev–Trinajstić information content (AvgIpc) is 2.36. The maximum absolute atomic E-state index is 11.8. The third-order valence-electron chi connectivity index (χ3n) is 2.46. The van der Waals surface area contributed by atoms with Crippen molar-refractivity contribution in [3.05, 3.63) is 23.8 Å². The third-order valence-corrected chi connectivity index (χ3v) is 2.46. The number of methoxy groups -OCH3 is 1. The lowest BCUT2D eigenvalue weighted by Crippen LogP contribution is -2.43. The number of amides is 1. The predicted molar refractivity (Wildman–Crippen MR) is 67.4 cm³/mol. The number of carbonyl (C=O) groups excluding carboxylic acids is 1. The number of nitrogens with one attached hydrogen (secondary N) is 1. The van der Waals surface area contributed by atoms with Crippen LogP contribution in [0.25, 0.3) is 0 Å². The number of hydrogen-bond acceptors (Lipinski definition) is 5. The zero-order valence-electron chi connectivity index (χ0n) is 10.4. The minimum absolute atomic E-state index is 0.0474. The summed E-state index contributed by atoms with van der Waals surface area (Å²) in [4.78, 5) is 11.8. The van der Waals surface area contributed by atoms with Gasteiger partial charge in [-0.3, -0.25) is 4.79 Å². The second-order valence-corrected chi connectivity index (χ2v) is 4.29. The molecule has 1 amide bonds. The molecule has 0 aliphatic heterocycles. The van der Waals surface area contributed by atoms with Crippen LogP contribution >= 0.6 is 0 Å². The molecule has 1 atom stereocenters. The normalized spacial score (nSPS) is 13.8. The van der Waals surface area contributed by atoms with Crippen molar-refractivity contribution in [1.82, 2.24) is 5.32 Å². The number of ether oxygens (including phenoxy) is 1. The largest absolute Gasteiger partial charge is 0.495 e. The molecule has 6 nitrogen and oxygen atoms in total. The van der Waals surface area contributed by atoms with Crippen molar-refractivity contribution in [3.63, 3.8) is 0 Å². The fourth-order valence-electron chi connectivity index (χ4n) is 1.30. The van der Waals surface area contributed by atoms with Gasteiger partial charge in [-0.25, -0.2) is 0 Å². The highest BCUT2D eigenvalue weighted by Gasteiger charge is 2.20. The first-order valence-electron chi connectivity index (χ1n) is 5.44. The van der Waals surface area contributed by atoms with Crippen LogP contribution < -0.4 is 15.8 Å². The summed E-state index contributed by atoms with van der Waals surface area (Å²) in [6.45, 7) is 0.946. The minimum atomic E-state index is -1.34. The van der Waals surface area contributed by atoms with Crippen molar-refractivity contribution in [2.75, 3.05) is 26.0 Å². The zero-order chi connectivity index (χ0) is 13.8. The molecule has 18 heavy (non-hydrogen) atoms. The van der Waals surface area contributed by atoms with Crippen molar-refractivity contribution in [1.29, 1.82) is 0 Å². The van der Waals surface area contributed by atoms with Crippen LogP contribution in [0.4, 0.5) is 5.69 Å². The summed E-state index contributed by atoms with van der Waals surface area (Å²) in [6, 6.07) is 4.65. The van der Waals surface area contributed by atoms with Crippen LogP contribution in [0.3, 0.4) is 0 Å². The summed E-state index contributed by atoms with van der Waals surface area (Å²) < 4.78 is 4.98. The predicted octanol–water partition coefficient (Wildman–Crippen LogP) is -0.250. The van der Waals surface area contributed by atoms with Crippen molar-refractivity contribution in [2.45, 2.75) is 12.5 Å². The number of aliphatic hydroxyl groups is 2. The lowest BCUT2D eigenvalue weighted by atomic mass is 10.1. The first-order valence-corrected chi connectivity index (χ1v) is 5.44. The second kappa shape index (κ2) is 5.70. The Labute approximate surface area is 105 Å². The van der Waals surface area contributed by atoms with E-state index < -0.39 is 12.2 Å². The Morgan fingerprint density at radius 1 is 1.56 bits per heavy atom. The molecular weight excluding hydrogens is 236 g/mol. The van der Waals surface area contributed by atoms with Crippen LogP contribution in [-0.4, -0.2) is 42.0 Å². The van der Waals surface area contributed by atoms with E-state index in [9.17, 15) is 9.90 Å². The number of anilines is 1. The van der Waals surface area contributed by atoms with E-state index in [0.717, 1.165) is 0 Å². The number of hydrogen-bond donors (Lipinski definition) is 4. The number of benzene rings is 1. The maximum atomic E-state index is 11.8. The maximum Gasteiger partial charge on any atom is 0.251 e. The average molecular weight is 254 g/mol. The van der Waals surface area contributed by atoms with E-state index in [4.69, 9.17) is 15.6 Å². The molecule has 0 aliphatic rings. The Bertz CT molecular complexity index is 432. The Balaban J connectivity index is 2.71. The SMILES string of the molecule is COc1ccc(C(=O)NCC(C)(O)CO)cc1N. The van der Waals surface area contributed by atoms with Crippen LogP contribution in [0, 0.1) is 0 Å². The van der Waals surface area contributed by atoms with Crippen LogP contribution in [0.5, 0.6) is 5.75 Å². The summed E-state index contributed by atoms with van der Waals surface area (Å²) in [5.41, 5.74) is 5.07. The third kappa shape index (κ3) is 3.61. The topological polar surface area (TPSA) is 105 Å². The van der Waals surface area contributed by atoms with Crippen molar-refractivity contribution >= 4 is 11.6 Å². The molecule has 100 valence electrons. The summed E-state index contributed by atoms with van der Waals surface area (Å²) in [6.07, 6.45) is 0. The van der Waals surface area contributed by atoms with E-state index in [0.29, 0.717) is 17.0 Å². The van der Waals surface area contributed by atoms with E-state index >= 15 is 0 Å². The zero-order valence-corrected chi connectivity index (χ0v) is 10.4. The standard InChI is InChI=1S/C12H18N2O4/c1-12(17,7-15)6-14-11(16)8-3-4-10(18-2)9(13)5-8/h3-5,15,17H,6-7,13H2,1-2H3,(H,14,16). The molecule has 6 heteroatoms. The molecular formula is C12H18N2O4. The van der Waals surface area contributed by atoms with Gasteiger partial charge in [-0.1, -0.05) is 0 Å². The smallest absolute Gasteiger partial charge is 0.251 e. The van der Waals surface area contributed by atoms with Gasteiger partial charge >= 0.3 is 0 Å². The Hall–Kier alpha value is -1.79. The first-order chi connectivity index (χ1) is 8.39. The Kier molecular flexibility index (Phi) is 4.52. The van der Waals surface area contributed by atoms with Crippen LogP contribution in [-0.2, 0) is 0 Å². The summed E-state index contributed by atoms with van der Waals surface area (Å²) in [7, 11) is 1.49. The molecule has 1 aromatic carbocycles. The number of nitrogen functional groups attached to an aromatic ring is 1. The molecule has 0 spiro atoms. The second-order valence-electron chi connectivity index (χ2n) is 4.29. The highest BCUT2D eigenvalue weighted by molar-refractivity contribution is 5.95. The number of rotatable bonds is 5. The molecule has 5 N–H and O–H groups in total. The summed E-state index contributed by atoms with van der Waals surface area (Å²) in [5.74, 6) is 0.118. The summed E-state index contributed by atoms with van der Waals surface area (Å²) >= 11 is 0. The van der Waals surface area contributed by atoms with Gasteiger partial charge in [0.2, 0.25) is 0 Å². The van der Waals surface area contributed by atoms with Crippen molar-refractivity contribution < 1.29 is 19.7 Å². The fourth-order valence-corrected chi connectivity index (χ4v) is 1.30. The van der Waals surface area contributed by atoms with Gasteiger partial charge in [0.1, 0.15) is 11.4 Å². The lowest BCUT2D eigenvalue weighted by Gasteiger charge is -2.20. The number of nitrogens with two attached hydrogens (primary N) is 1. The quantitative estimate of drug-likeness (QED) is 0.542. The van der Waals surface area contributed by atoms with E-state index in [-0.39, 0.29) is 12.5 Å². The van der Waals surface area contributed by atoms with E-state index in [1.165, 1.54) is 20.1 Å². The molecule has 0 aliphatic carbocycles. The number of aliphatic hydroxyl groups excluding tert-OH is 1. The number of carbonyl (C=O) groups is 1. The molecule has 0 saturated carbocycles. The van der Waals surface area contributed by atoms with Gasteiger partial charge in [0, 0.05) is 12.1 Å². The molecule has 1 rings (SSSR count). The Morgan fingerprint density at radius 2 is 2.22 bits per heavy atom. The minimum Gasteiger partial charge on any atom is -0.495 e. The van der Waals surface area contributed by atoms with E-state index in [2.05, 4.69) is 5.32 Å². The molecule has 0 heterocycles. The lowest BCUT2D eigenvalue weighted by molar-refractivity contribution is 0.00320. The molecule has 1 aromatic rings. The van der Waals surface area contributed by atoms with Gasteiger partial charge in [0.25, 0.3) is 5.91 Å². The monoisotopic (exact) mass is 254 g/mol. The first kappa shape index (κ1) is 14.3. The Morgan fingerprint density at radius 3 is 2.72 bits per heavy atom. The van der Waals surface area contributed by atoms with Gasteiger partial charge < -0.3 is 26.0 Å². The van der Waals surface area contributed by atoms with Gasteiger partial charge in [-0.05, 0) is 25.1 Å². The molecule has 0 fully saturated rings. The van der Waals surface area contributed by atoms with E-state index in [1.807, 2.05) is 0 Å². The van der Waals surface area contributed by atoms with Crippen LogP contribution in [0.1, 0.15) is 17.3 Å². The summed E-state index contributed by atoms with van der Waals surface area (Å²) in [5, 5.41) is 20.9. The van der Waals surface area contributed by atoms with Gasteiger partial charge in [-0.2, -0.15) is 0 Å². The molecule has 0 bridgehead atoms. The van der Waals surface area contributed by atoms with Crippen LogP contribution in [0.15, 0.2) is 18.2 Å². The van der Waals surface area contributed by atoms with Gasteiger partial charge in [0.15, 0.2) is 0 Å². The molecule has 0 saturated heterocycles.